The largest absolute Gasteiger partial charge is 0.484 e. The molecule has 0 aliphatic carbocycles. The third-order valence-corrected chi connectivity index (χ3v) is 3.78. The lowest BCUT2D eigenvalue weighted by atomic mass is 10.1. The highest BCUT2D eigenvalue weighted by molar-refractivity contribution is 5.85. The van der Waals surface area contributed by atoms with Gasteiger partial charge in [-0.2, -0.15) is 0 Å². The molecule has 122 valence electrons. The highest BCUT2D eigenvalue weighted by atomic mass is 19.1. The minimum Gasteiger partial charge on any atom is -0.484 e. The molecule has 0 aliphatic heterocycles. The number of carbonyl (C=O) groups excluding carboxylic acids is 1. The van der Waals surface area contributed by atoms with Crippen LogP contribution in [0.25, 0.3) is 10.8 Å². The molecule has 5 heteroatoms. The Bertz CT molecular complexity index is 844. The van der Waals surface area contributed by atoms with Crippen LogP contribution in [0.5, 0.6) is 5.75 Å². The number of pyridine rings is 1. The van der Waals surface area contributed by atoms with Crippen molar-refractivity contribution >= 4 is 16.7 Å². The van der Waals surface area contributed by atoms with Crippen molar-refractivity contribution in [2.45, 2.75) is 6.54 Å². The summed E-state index contributed by atoms with van der Waals surface area (Å²) in [5.41, 5.74) is 1.05. The van der Waals surface area contributed by atoms with Crippen LogP contribution in [0.4, 0.5) is 4.39 Å². The van der Waals surface area contributed by atoms with Gasteiger partial charge in [-0.15, -0.1) is 0 Å². The summed E-state index contributed by atoms with van der Waals surface area (Å²) in [7, 11) is 1.73. The van der Waals surface area contributed by atoms with Crippen LogP contribution in [-0.4, -0.2) is 29.4 Å². The van der Waals surface area contributed by atoms with Crippen LogP contribution in [-0.2, 0) is 11.3 Å². The van der Waals surface area contributed by atoms with E-state index in [-0.39, 0.29) is 18.3 Å². The number of rotatable bonds is 5. The zero-order valence-electron chi connectivity index (χ0n) is 13.3. The van der Waals surface area contributed by atoms with Gasteiger partial charge in [-0.05, 0) is 41.3 Å². The lowest BCUT2D eigenvalue weighted by Gasteiger charge is -2.18. The van der Waals surface area contributed by atoms with Gasteiger partial charge in [0.25, 0.3) is 5.91 Å². The molecule has 0 unspecified atom stereocenters. The van der Waals surface area contributed by atoms with Crippen molar-refractivity contribution in [3.63, 3.8) is 0 Å². The number of benzene rings is 2. The third kappa shape index (κ3) is 3.68. The minimum atomic E-state index is -0.337. The number of hydrogen-bond acceptors (Lipinski definition) is 3. The standard InChI is InChI=1S/C19H17FN2O2/c1-22(19(23)13-24-17-7-5-16(20)6-8-17)12-15-4-2-3-14-11-21-10-9-18(14)15/h2-11H,12-13H2,1H3. The van der Waals surface area contributed by atoms with Crippen LogP contribution in [0.2, 0.25) is 0 Å². The van der Waals surface area contributed by atoms with E-state index in [4.69, 9.17) is 4.74 Å². The monoisotopic (exact) mass is 324 g/mol. The van der Waals surface area contributed by atoms with Gasteiger partial charge in [0.15, 0.2) is 6.61 Å². The second-order valence-electron chi connectivity index (χ2n) is 5.51. The van der Waals surface area contributed by atoms with Crippen molar-refractivity contribution < 1.29 is 13.9 Å². The maximum absolute atomic E-state index is 12.8. The summed E-state index contributed by atoms with van der Waals surface area (Å²) in [6.07, 6.45) is 3.55. The molecule has 1 heterocycles. The van der Waals surface area contributed by atoms with Gasteiger partial charge < -0.3 is 9.64 Å². The lowest BCUT2D eigenvalue weighted by molar-refractivity contribution is -0.132. The number of fused-ring (bicyclic) bond motifs is 1. The summed E-state index contributed by atoms with van der Waals surface area (Å²) in [6.45, 7) is 0.390. The molecule has 0 fully saturated rings. The first-order chi connectivity index (χ1) is 11.6. The number of likely N-dealkylation sites (N-methyl/N-ethyl adjacent to an activating group) is 1. The molecule has 1 amide bonds. The molecule has 24 heavy (non-hydrogen) atoms. The van der Waals surface area contributed by atoms with Gasteiger partial charge in [0.2, 0.25) is 0 Å². The van der Waals surface area contributed by atoms with Gasteiger partial charge in [0.05, 0.1) is 0 Å². The molecule has 0 N–H and O–H groups in total. The van der Waals surface area contributed by atoms with E-state index in [1.54, 1.807) is 24.3 Å². The van der Waals surface area contributed by atoms with E-state index in [1.165, 1.54) is 24.3 Å². The molecule has 4 nitrogen and oxygen atoms in total. The smallest absolute Gasteiger partial charge is 0.260 e. The van der Waals surface area contributed by atoms with Crippen LogP contribution in [0.1, 0.15) is 5.56 Å². The molecule has 0 atom stereocenters. The molecule has 0 bridgehead atoms. The Labute approximate surface area is 139 Å². The van der Waals surface area contributed by atoms with Crippen molar-refractivity contribution in [3.05, 3.63) is 72.3 Å². The second-order valence-corrected chi connectivity index (χ2v) is 5.51. The molecular formula is C19H17FN2O2. The second kappa shape index (κ2) is 7.08. The number of nitrogens with zero attached hydrogens (tertiary/aromatic N) is 2. The van der Waals surface area contributed by atoms with E-state index < -0.39 is 0 Å². The number of halogens is 1. The molecular weight excluding hydrogens is 307 g/mol. The predicted octanol–water partition coefficient (Wildman–Crippen LogP) is 3.41. The van der Waals surface area contributed by atoms with Gasteiger partial charge in [0.1, 0.15) is 11.6 Å². The van der Waals surface area contributed by atoms with E-state index in [9.17, 15) is 9.18 Å². The number of carbonyl (C=O) groups is 1. The Kier molecular flexibility index (Phi) is 4.70. The first-order valence-electron chi connectivity index (χ1n) is 7.57. The van der Waals surface area contributed by atoms with Gasteiger partial charge in [-0.1, -0.05) is 18.2 Å². The molecule has 0 saturated heterocycles. The molecule has 2 aromatic carbocycles. The Hall–Kier alpha value is -2.95. The number of aromatic nitrogens is 1. The van der Waals surface area contributed by atoms with E-state index >= 15 is 0 Å². The number of amides is 1. The van der Waals surface area contributed by atoms with E-state index in [2.05, 4.69) is 4.98 Å². The summed E-state index contributed by atoms with van der Waals surface area (Å²) >= 11 is 0. The fourth-order valence-electron chi connectivity index (χ4n) is 2.46. The SMILES string of the molecule is CN(Cc1cccc2cnccc12)C(=O)COc1ccc(F)cc1. The lowest BCUT2D eigenvalue weighted by Crippen LogP contribution is -2.31. The average molecular weight is 324 g/mol. The first kappa shape index (κ1) is 15.9. The quantitative estimate of drug-likeness (QED) is 0.722. The summed E-state index contributed by atoms with van der Waals surface area (Å²) in [5, 5.41) is 2.12. The Morgan fingerprint density at radius 3 is 2.75 bits per heavy atom. The predicted molar refractivity (Wildman–Crippen MR) is 90.1 cm³/mol. The van der Waals surface area contributed by atoms with Crippen LogP contribution in [0.15, 0.2) is 60.9 Å². The van der Waals surface area contributed by atoms with Gasteiger partial charge in [-0.3, -0.25) is 9.78 Å². The van der Waals surface area contributed by atoms with Gasteiger partial charge in [0, 0.05) is 31.4 Å². The molecule has 3 aromatic rings. The van der Waals surface area contributed by atoms with Crippen molar-refractivity contribution in [2.75, 3.05) is 13.7 Å². The molecule has 0 aliphatic rings. The summed E-state index contributed by atoms with van der Waals surface area (Å²) in [6, 6.07) is 13.5. The number of ether oxygens (including phenoxy) is 1. The first-order valence-corrected chi connectivity index (χ1v) is 7.57. The Balaban J connectivity index is 1.64. The van der Waals surface area contributed by atoms with Crippen molar-refractivity contribution in [1.82, 2.24) is 9.88 Å². The van der Waals surface area contributed by atoms with E-state index in [1.807, 2.05) is 24.3 Å². The molecule has 1 aromatic heterocycles. The third-order valence-electron chi connectivity index (χ3n) is 3.78. The molecule has 3 rings (SSSR count). The molecule has 0 spiro atoms. The topological polar surface area (TPSA) is 42.4 Å². The summed E-state index contributed by atoms with van der Waals surface area (Å²) < 4.78 is 18.2. The van der Waals surface area contributed by atoms with E-state index in [0.29, 0.717) is 12.3 Å². The van der Waals surface area contributed by atoms with Crippen LogP contribution in [0, 0.1) is 5.82 Å². The molecule has 0 radical (unpaired) electrons. The van der Waals surface area contributed by atoms with Gasteiger partial charge >= 0.3 is 0 Å². The highest BCUT2D eigenvalue weighted by Crippen LogP contribution is 2.19. The van der Waals surface area contributed by atoms with Crippen LogP contribution < -0.4 is 4.74 Å². The van der Waals surface area contributed by atoms with Crippen molar-refractivity contribution in [2.24, 2.45) is 0 Å². The Morgan fingerprint density at radius 1 is 1.17 bits per heavy atom. The molecule has 0 saturated carbocycles. The van der Waals surface area contributed by atoms with Crippen LogP contribution >= 0.6 is 0 Å². The zero-order chi connectivity index (χ0) is 16.9. The highest BCUT2D eigenvalue weighted by Gasteiger charge is 2.12. The fraction of sp³-hybridized carbons (Fsp3) is 0.158. The van der Waals surface area contributed by atoms with E-state index in [0.717, 1.165) is 16.3 Å². The van der Waals surface area contributed by atoms with Crippen LogP contribution in [0.3, 0.4) is 0 Å². The maximum atomic E-state index is 12.8. The maximum Gasteiger partial charge on any atom is 0.260 e. The van der Waals surface area contributed by atoms with Crippen molar-refractivity contribution in [1.29, 1.82) is 0 Å². The number of hydrogen-bond donors (Lipinski definition) is 0. The normalized spacial score (nSPS) is 10.6. The minimum absolute atomic E-state index is 0.0888. The zero-order valence-corrected chi connectivity index (χ0v) is 13.3. The Morgan fingerprint density at radius 2 is 1.96 bits per heavy atom. The summed E-state index contributed by atoms with van der Waals surface area (Å²) in [5.74, 6) is -0.0176. The fourth-order valence-corrected chi connectivity index (χ4v) is 2.46. The van der Waals surface area contributed by atoms with Crippen molar-refractivity contribution in [3.8, 4) is 5.75 Å². The van der Waals surface area contributed by atoms with Gasteiger partial charge in [-0.25, -0.2) is 4.39 Å². The average Bonchev–Trinajstić information content (AvgIpc) is 2.61. The summed E-state index contributed by atoms with van der Waals surface area (Å²) in [4.78, 5) is 18.0.